The molecule has 0 fully saturated rings. The summed E-state index contributed by atoms with van der Waals surface area (Å²) in [5.74, 6) is -1.36. The van der Waals surface area contributed by atoms with Gasteiger partial charge in [-0.1, -0.05) is 6.92 Å². The smallest absolute Gasteiger partial charge is 0.258 e. The van der Waals surface area contributed by atoms with Crippen LogP contribution in [0, 0.1) is 26.0 Å². The van der Waals surface area contributed by atoms with Crippen molar-refractivity contribution in [2.24, 2.45) is 0 Å². The zero-order chi connectivity index (χ0) is 13.4. The first-order valence-corrected chi connectivity index (χ1v) is 5.57. The molecule has 0 spiro atoms. The van der Waals surface area contributed by atoms with Gasteiger partial charge >= 0.3 is 11.4 Å². The summed E-state index contributed by atoms with van der Waals surface area (Å²) in [6, 6.07) is 1.14. The largest absolute Gasteiger partial charge is 0.315 e. The van der Waals surface area contributed by atoms with Gasteiger partial charge in [-0.25, -0.2) is 0 Å². The van der Waals surface area contributed by atoms with Gasteiger partial charge < -0.3 is 0 Å². The molecule has 1 aliphatic rings. The second-order valence-electron chi connectivity index (χ2n) is 4.43. The minimum Gasteiger partial charge on any atom is -0.258 e. The summed E-state index contributed by atoms with van der Waals surface area (Å²) in [5.41, 5.74) is -0.706. The summed E-state index contributed by atoms with van der Waals surface area (Å²) in [4.78, 5) is 19.9. The van der Waals surface area contributed by atoms with Gasteiger partial charge in [-0.2, -0.15) is 4.39 Å². The van der Waals surface area contributed by atoms with Gasteiger partial charge in [0.1, 0.15) is 0 Å². The standard InChI is InChI=1S/C11H11FN2O4/c1-6-3-2-4-7-8(6)5-9(13(15)16)10(12)11(7)14(17)18/h5-6H,2-4H2,1H3. The maximum Gasteiger partial charge on any atom is 0.315 e. The number of rotatable bonds is 2. The van der Waals surface area contributed by atoms with Crippen LogP contribution in [0.2, 0.25) is 0 Å². The zero-order valence-corrected chi connectivity index (χ0v) is 9.68. The van der Waals surface area contributed by atoms with Crippen LogP contribution in [0.25, 0.3) is 0 Å². The molecule has 1 unspecified atom stereocenters. The van der Waals surface area contributed by atoms with E-state index in [1.54, 1.807) is 0 Å². The fraction of sp³-hybridized carbons (Fsp3) is 0.455. The Hall–Kier alpha value is -2.05. The Labute approximate surface area is 102 Å². The van der Waals surface area contributed by atoms with Crippen LogP contribution >= 0.6 is 0 Å². The topological polar surface area (TPSA) is 86.3 Å². The number of halogens is 1. The Balaban J connectivity index is 2.77. The molecule has 18 heavy (non-hydrogen) atoms. The molecule has 0 aromatic heterocycles. The van der Waals surface area contributed by atoms with Crippen molar-refractivity contribution in [3.05, 3.63) is 43.2 Å². The number of benzene rings is 1. The van der Waals surface area contributed by atoms with Crippen molar-refractivity contribution in [3.8, 4) is 0 Å². The summed E-state index contributed by atoms with van der Waals surface area (Å²) in [6.07, 6.45) is 1.92. The highest BCUT2D eigenvalue weighted by Crippen LogP contribution is 2.41. The molecule has 0 saturated carbocycles. The molecule has 0 radical (unpaired) electrons. The van der Waals surface area contributed by atoms with E-state index < -0.39 is 27.0 Å². The quantitative estimate of drug-likeness (QED) is 0.599. The molecule has 0 saturated heterocycles. The molecule has 0 amide bonds. The minimum atomic E-state index is -1.34. The third-order valence-electron chi connectivity index (χ3n) is 3.33. The van der Waals surface area contributed by atoms with Crippen LogP contribution in [0.3, 0.4) is 0 Å². The average molecular weight is 254 g/mol. The molecule has 1 aromatic carbocycles. The molecule has 0 aliphatic heterocycles. The predicted octanol–water partition coefficient (Wildman–Crippen LogP) is 3.08. The van der Waals surface area contributed by atoms with Gasteiger partial charge in [0.05, 0.1) is 9.85 Å². The molecular weight excluding hydrogens is 243 g/mol. The number of nitrogens with zero attached hydrogens (tertiary/aromatic N) is 2. The van der Waals surface area contributed by atoms with Crippen LogP contribution in [0.15, 0.2) is 6.07 Å². The van der Waals surface area contributed by atoms with Gasteiger partial charge in [-0.05, 0) is 30.7 Å². The van der Waals surface area contributed by atoms with E-state index in [0.717, 1.165) is 18.9 Å². The third kappa shape index (κ3) is 1.81. The molecule has 0 bridgehead atoms. The van der Waals surface area contributed by atoms with Crippen LogP contribution in [-0.2, 0) is 6.42 Å². The molecule has 96 valence electrons. The van der Waals surface area contributed by atoms with Gasteiger partial charge in [0.2, 0.25) is 0 Å². The van der Waals surface area contributed by atoms with E-state index in [2.05, 4.69) is 0 Å². The molecule has 1 atom stereocenters. The molecule has 2 rings (SSSR count). The van der Waals surface area contributed by atoms with E-state index >= 15 is 0 Å². The molecule has 6 nitrogen and oxygen atoms in total. The van der Waals surface area contributed by atoms with Crippen molar-refractivity contribution >= 4 is 11.4 Å². The first kappa shape index (κ1) is 12.4. The molecule has 0 heterocycles. The second kappa shape index (κ2) is 4.32. The highest BCUT2D eigenvalue weighted by Gasteiger charge is 2.34. The SMILES string of the molecule is CC1CCCc2c1cc([N+](=O)[O-])c(F)c2[N+](=O)[O-]. The number of nitro benzene ring substituents is 2. The van der Waals surface area contributed by atoms with E-state index in [0.29, 0.717) is 17.5 Å². The monoisotopic (exact) mass is 254 g/mol. The minimum absolute atomic E-state index is 0.0215. The van der Waals surface area contributed by atoms with Crippen LogP contribution in [0.4, 0.5) is 15.8 Å². The van der Waals surface area contributed by atoms with Gasteiger partial charge in [-0.15, -0.1) is 0 Å². The summed E-state index contributed by atoms with van der Waals surface area (Å²) in [6.45, 7) is 1.84. The molecule has 7 heteroatoms. The third-order valence-corrected chi connectivity index (χ3v) is 3.33. The van der Waals surface area contributed by atoms with Crippen molar-refractivity contribution in [3.63, 3.8) is 0 Å². The van der Waals surface area contributed by atoms with Crippen molar-refractivity contribution in [1.82, 2.24) is 0 Å². The summed E-state index contributed by atoms with van der Waals surface area (Å²) in [7, 11) is 0. The zero-order valence-electron chi connectivity index (χ0n) is 9.68. The highest BCUT2D eigenvalue weighted by molar-refractivity contribution is 5.57. The second-order valence-corrected chi connectivity index (χ2v) is 4.43. The maximum atomic E-state index is 13.8. The number of hydrogen-bond donors (Lipinski definition) is 0. The fourth-order valence-corrected chi connectivity index (χ4v) is 2.45. The van der Waals surface area contributed by atoms with Crippen molar-refractivity contribution in [1.29, 1.82) is 0 Å². The summed E-state index contributed by atoms with van der Waals surface area (Å²) < 4.78 is 13.8. The fourth-order valence-electron chi connectivity index (χ4n) is 2.45. The lowest BCUT2D eigenvalue weighted by molar-refractivity contribution is -0.399. The van der Waals surface area contributed by atoms with E-state index in [-0.39, 0.29) is 5.92 Å². The normalized spacial score (nSPS) is 18.2. The Bertz CT molecular complexity index is 544. The molecule has 1 aliphatic carbocycles. The van der Waals surface area contributed by atoms with Crippen molar-refractivity contribution < 1.29 is 14.2 Å². The Morgan fingerprint density at radius 2 is 2.00 bits per heavy atom. The first-order chi connectivity index (χ1) is 8.43. The Morgan fingerprint density at radius 1 is 1.33 bits per heavy atom. The van der Waals surface area contributed by atoms with Crippen LogP contribution in [-0.4, -0.2) is 9.85 Å². The molecule has 1 aromatic rings. The molecule has 0 N–H and O–H groups in total. The van der Waals surface area contributed by atoms with Gasteiger partial charge in [0.15, 0.2) is 0 Å². The molecular formula is C11H11FN2O4. The number of fused-ring (bicyclic) bond motifs is 1. The lowest BCUT2D eigenvalue weighted by Gasteiger charge is -2.21. The number of hydrogen-bond acceptors (Lipinski definition) is 4. The van der Waals surface area contributed by atoms with Gasteiger partial charge in [-0.3, -0.25) is 20.2 Å². The predicted molar refractivity (Wildman–Crippen MR) is 61.1 cm³/mol. The Morgan fingerprint density at radius 3 is 2.56 bits per heavy atom. The first-order valence-electron chi connectivity index (χ1n) is 5.57. The van der Waals surface area contributed by atoms with Crippen molar-refractivity contribution in [2.75, 3.05) is 0 Å². The van der Waals surface area contributed by atoms with E-state index in [1.165, 1.54) is 0 Å². The Kier molecular flexibility index (Phi) is 2.98. The van der Waals surface area contributed by atoms with Crippen LogP contribution in [0.1, 0.15) is 36.8 Å². The lowest BCUT2D eigenvalue weighted by Crippen LogP contribution is -2.12. The van der Waals surface area contributed by atoms with Gasteiger partial charge in [0, 0.05) is 11.6 Å². The average Bonchev–Trinajstić information content (AvgIpc) is 2.27. The van der Waals surface area contributed by atoms with E-state index in [1.807, 2.05) is 6.92 Å². The maximum absolute atomic E-state index is 13.8. The number of nitro groups is 2. The summed E-state index contributed by atoms with van der Waals surface area (Å²) in [5, 5.41) is 21.7. The van der Waals surface area contributed by atoms with Crippen LogP contribution < -0.4 is 0 Å². The van der Waals surface area contributed by atoms with E-state index in [4.69, 9.17) is 0 Å². The van der Waals surface area contributed by atoms with Crippen LogP contribution in [0.5, 0.6) is 0 Å². The van der Waals surface area contributed by atoms with E-state index in [9.17, 15) is 24.6 Å². The van der Waals surface area contributed by atoms with Crippen molar-refractivity contribution in [2.45, 2.75) is 32.1 Å². The van der Waals surface area contributed by atoms with Gasteiger partial charge in [0.25, 0.3) is 5.82 Å². The lowest BCUT2D eigenvalue weighted by atomic mass is 9.82. The highest BCUT2D eigenvalue weighted by atomic mass is 19.1. The summed E-state index contributed by atoms with van der Waals surface area (Å²) >= 11 is 0.